The maximum absolute atomic E-state index is 9.91. The molecule has 2 rings (SSSR count). The van der Waals surface area contributed by atoms with E-state index in [1.165, 1.54) is 0 Å². The van der Waals surface area contributed by atoms with Crippen LogP contribution in [0.2, 0.25) is 0 Å². The molecule has 0 spiro atoms. The Morgan fingerprint density at radius 3 is 3.19 bits per heavy atom. The molecule has 1 aromatic rings. The van der Waals surface area contributed by atoms with Gasteiger partial charge in [0.2, 0.25) is 0 Å². The van der Waals surface area contributed by atoms with E-state index in [0.29, 0.717) is 18.7 Å². The molecule has 1 aliphatic heterocycles. The monoisotopic (exact) mass is 241 g/mol. The van der Waals surface area contributed by atoms with E-state index in [1.807, 2.05) is 17.5 Å². The minimum atomic E-state index is -0.399. The van der Waals surface area contributed by atoms with E-state index in [-0.39, 0.29) is 0 Å². The standard InChI is InChI=1S/C12H19NO2S/c1-9(11-4-2-6-15-11)13-8-10(14)12-5-3-7-16-12/h3,5,7,9-11,13-14H,2,4,6,8H2,1H3. The van der Waals surface area contributed by atoms with Gasteiger partial charge >= 0.3 is 0 Å². The van der Waals surface area contributed by atoms with Gasteiger partial charge in [0.05, 0.1) is 6.10 Å². The molecule has 0 aliphatic carbocycles. The lowest BCUT2D eigenvalue weighted by molar-refractivity contribution is 0.0768. The van der Waals surface area contributed by atoms with Crippen molar-refractivity contribution in [2.24, 2.45) is 0 Å². The Labute approximate surface area is 100 Å². The summed E-state index contributed by atoms with van der Waals surface area (Å²) in [5.74, 6) is 0. The highest BCUT2D eigenvalue weighted by Crippen LogP contribution is 2.19. The first kappa shape index (κ1) is 12.0. The molecule has 16 heavy (non-hydrogen) atoms. The van der Waals surface area contributed by atoms with Crippen molar-refractivity contribution < 1.29 is 9.84 Å². The molecular weight excluding hydrogens is 222 g/mol. The van der Waals surface area contributed by atoms with Crippen LogP contribution in [-0.2, 0) is 4.74 Å². The quantitative estimate of drug-likeness (QED) is 0.828. The van der Waals surface area contributed by atoms with Crippen LogP contribution in [0.25, 0.3) is 0 Å². The summed E-state index contributed by atoms with van der Waals surface area (Å²) in [7, 11) is 0. The average molecular weight is 241 g/mol. The summed E-state index contributed by atoms with van der Waals surface area (Å²) in [6.07, 6.45) is 2.20. The lowest BCUT2D eigenvalue weighted by atomic mass is 10.1. The first-order chi connectivity index (χ1) is 7.77. The molecule has 1 fully saturated rings. The van der Waals surface area contributed by atoms with Crippen LogP contribution in [0.4, 0.5) is 0 Å². The van der Waals surface area contributed by atoms with Crippen molar-refractivity contribution >= 4 is 11.3 Å². The number of ether oxygens (including phenoxy) is 1. The summed E-state index contributed by atoms with van der Waals surface area (Å²) in [5.41, 5.74) is 0. The van der Waals surface area contributed by atoms with Crippen molar-refractivity contribution in [3.05, 3.63) is 22.4 Å². The van der Waals surface area contributed by atoms with Crippen LogP contribution < -0.4 is 5.32 Å². The second kappa shape index (κ2) is 5.77. The van der Waals surface area contributed by atoms with E-state index in [9.17, 15) is 5.11 Å². The topological polar surface area (TPSA) is 41.5 Å². The third-order valence-corrected chi connectivity index (χ3v) is 4.00. The molecule has 3 unspecified atom stereocenters. The number of rotatable bonds is 5. The molecule has 4 heteroatoms. The maximum atomic E-state index is 9.91. The Kier molecular flexibility index (Phi) is 4.35. The van der Waals surface area contributed by atoms with E-state index in [4.69, 9.17) is 4.74 Å². The first-order valence-corrected chi connectivity index (χ1v) is 6.72. The zero-order valence-electron chi connectivity index (χ0n) is 9.56. The first-order valence-electron chi connectivity index (χ1n) is 5.84. The Balaban J connectivity index is 1.74. The molecule has 0 amide bonds. The highest BCUT2D eigenvalue weighted by Gasteiger charge is 2.22. The second-order valence-electron chi connectivity index (χ2n) is 4.28. The maximum Gasteiger partial charge on any atom is 0.101 e. The number of hydrogen-bond donors (Lipinski definition) is 2. The van der Waals surface area contributed by atoms with Gasteiger partial charge in [-0.15, -0.1) is 11.3 Å². The van der Waals surface area contributed by atoms with Crippen LogP contribution in [0.3, 0.4) is 0 Å². The minimum Gasteiger partial charge on any atom is -0.386 e. The SMILES string of the molecule is CC(NCC(O)c1cccs1)C1CCCO1. The smallest absolute Gasteiger partial charge is 0.101 e. The van der Waals surface area contributed by atoms with Gasteiger partial charge in [0.1, 0.15) is 6.10 Å². The lowest BCUT2D eigenvalue weighted by Crippen LogP contribution is -2.39. The molecule has 1 aliphatic rings. The van der Waals surface area contributed by atoms with Crippen LogP contribution in [0.15, 0.2) is 17.5 Å². The molecule has 0 aromatic carbocycles. The molecule has 0 radical (unpaired) electrons. The van der Waals surface area contributed by atoms with Gasteiger partial charge < -0.3 is 15.2 Å². The molecule has 1 saturated heterocycles. The van der Waals surface area contributed by atoms with Crippen LogP contribution in [-0.4, -0.2) is 30.4 Å². The molecule has 0 bridgehead atoms. The van der Waals surface area contributed by atoms with Crippen LogP contribution in [0, 0.1) is 0 Å². The van der Waals surface area contributed by atoms with Crippen LogP contribution in [0.1, 0.15) is 30.7 Å². The van der Waals surface area contributed by atoms with Crippen molar-refractivity contribution in [3.8, 4) is 0 Å². The molecular formula is C12H19NO2S. The summed E-state index contributed by atoms with van der Waals surface area (Å²) in [5, 5.41) is 15.2. The molecule has 3 atom stereocenters. The number of thiophene rings is 1. The lowest BCUT2D eigenvalue weighted by Gasteiger charge is -2.21. The number of nitrogens with one attached hydrogen (secondary N) is 1. The van der Waals surface area contributed by atoms with E-state index in [1.54, 1.807) is 11.3 Å². The summed E-state index contributed by atoms with van der Waals surface area (Å²) < 4.78 is 5.60. The van der Waals surface area contributed by atoms with Gasteiger partial charge in [-0.3, -0.25) is 0 Å². The minimum absolute atomic E-state index is 0.315. The van der Waals surface area contributed by atoms with E-state index < -0.39 is 6.10 Å². The number of aliphatic hydroxyl groups is 1. The Bertz CT molecular complexity index is 296. The highest BCUT2D eigenvalue weighted by atomic mass is 32.1. The Morgan fingerprint density at radius 1 is 1.69 bits per heavy atom. The average Bonchev–Trinajstić information content (AvgIpc) is 2.95. The highest BCUT2D eigenvalue weighted by molar-refractivity contribution is 7.10. The fourth-order valence-corrected chi connectivity index (χ4v) is 2.72. The molecule has 2 heterocycles. The van der Waals surface area contributed by atoms with Crippen molar-refractivity contribution in [1.82, 2.24) is 5.32 Å². The summed E-state index contributed by atoms with van der Waals surface area (Å²) in [6.45, 7) is 3.60. The van der Waals surface area contributed by atoms with Crippen LogP contribution >= 0.6 is 11.3 Å². The normalized spacial score (nSPS) is 24.5. The van der Waals surface area contributed by atoms with Crippen LogP contribution in [0.5, 0.6) is 0 Å². The zero-order valence-corrected chi connectivity index (χ0v) is 10.4. The molecule has 0 saturated carbocycles. The van der Waals surface area contributed by atoms with E-state index >= 15 is 0 Å². The Morgan fingerprint density at radius 2 is 2.56 bits per heavy atom. The van der Waals surface area contributed by atoms with Gasteiger partial charge in [-0.1, -0.05) is 6.07 Å². The second-order valence-corrected chi connectivity index (χ2v) is 5.26. The van der Waals surface area contributed by atoms with Crippen molar-refractivity contribution in [2.45, 2.75) is 38.0 Å². The predicted molar refractivity (Wildman–Crippen MR) is 65.7 cm³/mol. The van der Waals surface area contributed by atoms with Gasteiger partial charge in [-0.2, -0.15) is 0 Å². The van der Waals surface area contributed by atoms with Crippen molar-refractivity contribution in [3.63, 3.8) is 0 Å². The van der Waals surface area contributed by atoms with Crippen molar-refractivity contribution in [2.75, 3.05) is 13.2 Å². The molecule has 3 nitrogen and oxygen atoms in total. The third kappa shape index (κ3) is 3.04. The zero-order chi connectivity index (χ0) is 11.4. The van der Waals surface area contributed by atoms with Gasteiger partial charge in [0.25, 0.3) is 0 Å². The number of aliphatic hydroxyl groups excluding tert-OH is 1. The predicted octanol–water partition coefficient (Wildman–Crippen LogP) is 1.94. The van der Waals surface area contributed by atoms with Gasteiger partial charge in [0.15, 0.2) is 0 Å². The van der Waals surface area contributed by atoms with Gasteiger partial charge in [-0.05, 0) is 31.2 Å². The van der Waals surface area contributed by atoms with E-state index in [0.717, 1.165) is 24.3 Å². The largest absolute Gasteiger partial charge is 0.386 e. The number of hydrogen-bond acceptors (Lipinski definition) is 4. The summed E-state index contributed by atoms with van der Waals surface area (Å²) in [4.78, 5) is 1.02. The summed E-state index contributed by atoms with van der Waals surface area (Å²) in [6, 6.07) is 4.25. The van der Waals surface area contributed by atoms with E-state index in [2.05, 4.69) is 12.2 Å². The van der Waals surface area contributed by atoms with Gasteiger partial charge in [-0.25, -0.2) is 0 Å². The van der Waals surface area contributed by atoms with Gasteiger partial charge in [0, 0.05) is 24.1 Å². The third-order valence-electron chi connectivity index (χ3n) is 3.03. The Hall–Kier alpha value is -0.420. The molecule has 2 N–H and O–H groups in total. The molecule has 1 aromatic heterocycles. The van der Waals surface area contributed by atoms with Crippen molar-refractivity contribution in [1.29, 1.82) is 0 Å². The molecule has 90 valence electrons. The summed E-state index contributed by atoms with van der Waals surface area (Å²) >= 11 is 1.59. The fraction of sp³-hybridized carbons (Fsp3) is 0.667. The fourth-order valence-electron chi connectivity index (χ4n) is 2.01.